The van der Waals surface area contributed by atoms with Gasteiger partial charge in [-0.3, -0.25) is 14.2 Å². The zero-order chi connectivity index (χ0) is 22.1. The Balaban J connectivity index is 1.99. The molecular formula is C23H26N4O2S. The van der Waals surface area contributed by atoms with Gasteiger partial charge in [-0.2, -0.15) is 5.26 Å². The molecule has 0 fully saturated rings. The summed E-state index contributed by atoms with van der Waals surface area (Å²) in [6.07, 6.45) is 0. The van der Waals surface area contributed by atoms with Crippen molar-refractivity contribution in [3.8, 4) is 6.07 Å². The van der Waals surface area contributed by atoms with Crippen LogP contribution in [0.2, 0.25) is 0 Å². The van der Waals surface area contributed by atoms with E-state index in [1.165, 1.54) is 11.8 Å². The summed E-state index contributed by atoms with van der Waals surface area (Å²) in [4.78, 5) is 30.6. The highest BCUT2D eigenvalue weighted by molar-refractivity contribution is 8.00. The molecule has 1 N–H and O–H groups in total. The Kier molecular flexibility index (Phi) is 6.18. The van der Waals surface area contributed by atoms with Crippen LogP contribution in [0.4, 0.5) is 0 Å². The quantitative estimate of drug-likeness (QED) is 0.367. The van der Waals surface area contributed by atoms with Crippen molar-refractivity contribution in [3.63, 3.8) is 0 Å². The minimum atomic E-state index is -0.952. The summed E-state index contributed by atoms with van der Waals surface area (Å²) in [6.45, 7) is 9.60. The van der Waals surface area contributed by atoms with E-state index in [-0.39, 0.29) is 17.4 Å². The first-order valence-electron chi connectivity index (χ1n) is 10.0. The lowest BCUT2D eigenvalue weighted by molar-refractivity contribution is -0.121. The summed E-state index contributed by atoms with van der Waals surface area (Å²) in [6, 6.07) is 13.8. The minimum Gasteiger partial charge on any atom is -0.337 e. The zero-order valence-electron chi connectivity index (χ0n) is 17.9. The number of nitrogens with zero attached hydrogens (tertiary/aromatic N) is 3. The Bertz CT molecular complexity index is 1210. The van der Waals surface area contributed by atoms with E-state index in [2.05, 4.69) is 11.4 Å². The number of carbonyl (C=O) groups excluding carboxylic acids is 1. The molecule has 2 atom stereocenters. The maximum Gasteiger partial charge on any atom is 0.262 e. The molecule has 1 aromatic heterocycles. The molecule has 156 valence electrons. The minimum absolute atomic E-state index is 0.0375. The molecular weight excluding hydrogens is 396 g/mol. The molecule has 30 heavy (non-hydrogen) atoms. The normalized spacial score (nSPS) is 14.4. The maximum absolute atomic E-state index is 13.1. The fourth-order valence-electron chi connectivity index (χ4n) is 3.13. The molecule has 3 aromatic rings. The SMILES string of the molecule is CCn1c(S[C@H](C)C(=O)N[C@@](C)(C#N)C(C)C)nc2cc3ccccc3cc2c1=O. The van der Waals surface area contributed by atoms with Crippen molar-refractivity contribution in [3.05, 3.63) is 46.8 Å². The van der Waals surface area contributed by atoms with E-state index >= 15 is 0 Å². The molecule has 0 spiro atoms. The molecule has 7 heteroatoms. The second-order valence-corrected chi connectivity index (χ2v) is 9.19. The smallest absolute Gasteiger partial charge is 0.262 e. The molecule has 0 aliphatic rings. The predicted molar refractivity (Wildman–Crippen MR) is 122 cm³/mol. The van der Waals surface area contributed by atoms with Crippen molar-refractivity contribution < 1.29 is 4.79 Å². The first-order chi connectivity index (χ1) is 14.2. The number of hydrogen-bond acceptors (Lipinski definition) is 5. The molecule has 0 bridgehead atoms. The highest BCUT2D eigenvalue weighted by Crippen LogP contribution is 2.26. The Labute approximate surface area is 180 Å². The zero-order valence-corrected chi connectivity index (χ0v) is 18.7. The van der Waals surface area contributed by atoms with E-state index in [9.17, 15) is 14.9 Å². The van der Waals surface area contributed by atoms with E-state index in [1.54, 1.807) is 18.4 Å². The number of carbonyl (C=O) groups is 1. The van der Waals surface area contributed by atoms with Gasteiger partial charge >= 0.3 is 0 Å². The van der Waals surface area contributed by atoms with Crippen LogP contribution < -0.4 is 10.9 Å². The van der Waals surface area contributed by atoms with Gasteiger partial charge in [-0.25, -0.2) is 4.98 Å². The van der Waals surface area contributed by atoms with Crippen LogP contribution in [0.15, 0.2) is 46.3 Å². The Hall–Kier alpha value is -2.85. The topological polar surface area (TPSA) is 87.8 Å². The first kappa shape index (κ1) is 21.8. The van der Waals surface area contributed by atoms with Gasteiger partial charge in [0.15, 0.2) is 5.16 Å². The van der Waals surface area contributed by atoms with Crippen molar-refractivity contribution in [1.29, 1.82) is 5.26 Å². The molecule has 1 amide bonds. The van der Waals surface area contributed by atoms with Gasteiger partial charge in [-0.05, 0) is 49.6 Å². The number of aromatic nitrogens is 2. The molecule has 0 aliphatic carbocycles. The molecule has 0 saturated carbocycles. The van der Waals surface area contributed by atoms with Crippen LogP contribution >= 0.6 is 11.8 Å². The van der Waals surface area contributed by atoms with Crippen molar-refractivity contribution in [2.75, 3.05) is 0 Å². The van der Waals surface area contributed by atoms with Crippen molar-refractivity contribution in [1.82, 2.24) is 14.9 Å². The van der Waals surface area contributed by atoms with Gasteiger partial charge in [-0.1, -0.05) is 49.9 Å². The predicted octanol–water partition coefficient (Wildman–Crippen LogP) is 4.10. The van der Waals surface area contributed by atoms with Crippen LogP contribution in [-0.4, -0.2) is 26.2 Å². The summed E-state index contributed by atoms with van der Waals surface area (Å²) in [5, 5.41) is 14.9. The second kappa shape index (κ2) is 8.49. The van der Waals surface area contributed by atoms with Gasteiger partial charge < -0.3 is 5.32 Å². The standard InChI is InChI=1S/C23H26N4O2S/c1-6-27-21(29)18-11-16-9-7-8-10-17(16)12-19(18)25-22(27)30-15(4)20(28)26-23(5,13-24)14(2)3/h7-12,14-15H,6H2,1-5H3,(H,26,28)/t15-,23+/m1/s1. The lowest BCUT2D eigenvalue weighted by Gasteiger charge is -2.28. The van der Waals surface area contributed by atoms with Gasteiger partial charge in [0.1, 0.15) is 5.54 Å². The van der Waals surface area contributed by atoms with E-state index in [0.29, 0.717) is 22.6 Å². The van der Waals surface area contributed by atoms with Gasteiger partial charge in [0.2, 0.25) is 5.91 Å². The number of thioether (sulfide) groups is 1. The average Bonchev–Trinajstić information content (AvgIpc) is 2.72. The summed E-state index contributed by atoms with van der Waals surface area (Å²) in [5.74, 6) is -0.294. The van der Waals surface area contributed by atoms with Crippen LogP contribution in [-0.2, 0) is 11.3 Å². The number of fused-ring (bicyclic) bond motifs is 2. The van der Waals surface area contributed by atoms with Crippen LogP contribution in [0.3, 0.4) is 0 Å². The van der Waals surface area contributed by atoms with E-state index in [1.807, 2.05) is 57.2 Å². The third-order valence-corrected chi connectivity index (χ3v) is 6.61. The summed E-state index contributed by atoms with van der Waals surface area (Å²) in [7, 11) is 0. The van der Waals surface area contributed by atoms with Gasteiger partial charge in [0.05, 0.1) is 22.2 Å². The van der Waals surface area contributed by atoms with Crippen molar-refractivity contribution >= 4 is 39.3 Å². The monoisotopic (exact) mass is 422 g/mol. The number of benzene rings is 2. The largest absolute Gasteiger partial charge is 0.337 e. The van der Waals surface area contributed by atoms with Crippen LogP contribution in [0.1, 0.15) is 34.6 Å². The summed E-state index contributed by atoms with van der Waals surface area (Å²) in [5.41, 5.74) is -0.457. The number of amides is 1. The molecule has 2 aromatic carbocycles. The maximum atomic E-state index is 13.1. The van der Waals surface area contributed by atoms with E-state index in [4.69, 9.17) is 4.98 Å². The summed E-state index contributed by atoms with van der Waals surface area (Å²) < 4.78 is 1.59. The highest BCUT2D eigenvalue weighted by Gasteiger charge is 2.32. The van der Waals surface area contributed by atoms with Gasteiger partial charge in [-0.15, -0.1) is 0 Å². The van der Waals surface area contributed by atoms with Gasteiger partial charge in [0.25, 0.3) is 5.56 Å². The van der Waals surface area contributed by atoms with Gasteiger partial charge in [0, 0.05) is 6.54 Å². The number of nitriles is 1. The molecule has 0 saturated heterocycles. The number of rotatable bonds is 6. The Morgan fingerprint density at radius 2 is 1.90 bits per heavy atom. The first-order valence-corrected chi connectivity index (χ1v) is 10.9. The van der Waals surface area contributed by atoms with E-state index in [0.717, 1.165) is 10.8 Å². The third kappa shape index (κ3) is 4.05. The lowest BCUT2D eigenvalue weighted by Crippen LogP contribution is -2.51. The Morgan fingerprint density at radius 1 is 1.27 bits per heavy atom. The molecule has 0 aliphatic heterocycles. The molecule has 0 radical (unpaired) electrons. The summed E-state index contributed by atoms with van der Waals surface area (Å²) >= 11 is 1.23. The fraction of sp³-hybridized carbons (Fsp3) is 0.391. The molecule has 3 rings (SSSR count). The second-order valence-electron chi connectivity index (χ2n) is 7.88. The molecule has 6 nitrogen and oxygen atoms in total. The van der Waals surface area contributed by atoms with Crippen molar-refractivity contribution in [2.24, 2.45) is 5.92 Å². The van der Waals surface area contributed by atoms with Crippen LogP contribution in [0, 0.1) is 17.2 Å². The van der Waals surface area contributed by atoms with Crippen molar-refractivity contribution in [2.45, 2.75) is 57.1 Å². The average molecular weight is 423 g/mol. The fourth-order valence-corrected chi connectivity index (χ4v) is 4.10. The third-order valence-electron chi connectivity index (χ3n) is 5.52. The van der Waals surface area contributed by atoms with Crippen LogP contribution in [0.25, 0.3) is 21.7 Å². The Morgan fingerprint density at radius 3 is 2.47 bits per heavy atom. The molecule has 0 unspecified atom stereocenters. The number of hydrogen-bond donors (Lipinski definition) is 1. The number of nitrogens with one attached hydrogen (secondary N) is 1. The lowest BCUT2D eigenvalue weighted by atomic mass is 9.90. The van der Waals surface area contributed by atoms with E-state index < -0.39 is 10.8 Å². The molecule has 1 heterocycles. The highest BCUT2D eigenvalue weighted by atomic mass is 32.2. The van der Waals surface area contributed by atoms with Crippen LogP contribution in [0.5, 0.6) is 0 Å².